The first kappa shape index (κ1) is 10.8. The summed E-state index contributed by atoms with van der Waals surface area (Å²) in [6.45, 7) is 0. The van der Waals surface area contributed by atoms with Crippen LogP contribution in [0.2, 0.25) is 0 Å². The summed E-state index contributed by atoms with van der Waals surface area (Å²) in [5.74, 6) is 0.353. The first-order valence-electron chi connectivity index (χ1n) is 5.33. The molecule has 0 bridgehead atoms. The van der Waals surface area contributed by atoms with Gasteiger partial charge in [0.1, 0.15) is 5.75 Å². The third-order valence-electron chi connectivity index (χ3n) is 3.22. The van der Waals surface area contributed by atoms with E-state index in [-0.39, 0.29) is 5.54 Å². The van der Waals surface area contributed by atoms with Gasteiger partial charge in [-0.15, -0.1) is 11.8 Å². The Kier molecular flexibility index (Phi) is 2.94. The second kappa shape index (κ2) is 4.06. The van der Waals surface area contributed by atoms with E-state index in [1.165, 1.54) is 12.8 Å². The van der Waals surface area contributed by atoms with Gasteiger partial charge in [-0.25, -0.2) is 0 Å². The highest BCUT2D eigenvalue weighted by molar-refractivity contribution is 7.98. The van der Waals surface area contributed by atoms with Gasteiger partial charge in [0.05, 0.1) is 0 Å². The Morgan fingerprint density at radius 3 is 2.60 bits per heavy atom. The fraction of sp³-hybridized carbons (Fsp3) is 0.500. The van der Waals surface area contributed by atoms with Crippen LogP contribution < -0.4 is 5.73 Å². The Morgan fingerprint density at radius 2 is 2.00 bits per heavy atom. The molecular weight excluding hydrogens is 206 g/mol. The molecule has 1 aromatic rings. The highest BCUT2D eigenvalue weighted by Gasteiger charge is 2.35. The number of benzene rings is 1. The number of hydrogen-bond donors (Lipinski definition) is 2. The van der Waals surface area contributed by atoms with E-state index in [1.807, 2.05) is 18.4 Å². The largest absolute Gasteiger partial charge is 0.508 e. The number of thioether (sulfide) groups is 1. The zero-order valence-corrected chi connectivity index (χ0v) is 9.81. The Morgan fingerprint density at radius 1 is 1.33 bits per heavy atom. The van der Waals surface area contributed by atoms with Crippen molar-refractivity contribution in [3.05, 3.63) is 23.8 Å². The van der Waals surface area contributed by atoms with Gasteiger partial charge >= 0.3 is 0 Å². The lowest BCUT2D eigenvalue weighted by Gasteiger charge is -2.27. The van der Waals surface area contributed by atoms with E-state index in [0.717, 1.165) is 23.3 Å². The Bertz CT molecular complexity index is 359. The fourth-order valence-corrected chi connectivity index (χ4v) is 3.17. The maximum atomic E-state index is 9.95. The van der Waals surface area contributed by atoms with Crippen molar-refractivity contribution in [2.45, 2.75) is 36.1 Å². The van der Waals surface area contributed by atoms with E-state index in [2.05, 4.69) is 0 Å². The van der Waals surface area contributed by atoms with Crippen LogP contribution in [0.1, 0.15) is 31.2 Å². The molecule has 0 radical (unpaired) electrons. The number of nitrogens with two attached hydrogens (primary N) is 1. The molecule has 3 heteroatoms. The molecule has 2 rings (SSSR count). The predicted octanol–water partition coefficient (Wildman–Crippen LogP) is 2.84. The minimum Gasteiger partial charge on any atom is -0.508 e. The van der Waals surface area contributed by atoms with Crippen LogP contribution in [0.3, 0.4) is 0 Å². The van der Waals surface area contributed by atoms with Crippen molar-refractivity contribution in [2.75, 3.05) is 6.26 Å². The molecule has 0 aliphatic heterocycles. The van der Waals surface area contributed by atoms with Crippen LogP contribution in [0.15, 0.2) is 23.1 Å². The molecular formula is C12H17NOS. The van der Waals surface area contributed by atoms with Gasteiger partial charge in [0.25, 0.3) is 0 Å². The highest BCUT2D eigenvalue weighted by atomic mass is 32.2. The molecule has 1 fully saturated rings. The smallest absolute Gasteiger partial charge is 0.121 e. The predicted molar refractivity (Wildman–Crippen MR) is 64.2 cm³/mol. The molecule has 82 valence electrons. The molecule has 3 N–H and O–H groups in total. The van der Waals surface area contributed by atoms with Crippen molar-refractivity contribution in [3.8, 4) is 5.75 Å². The lowest BCUT2D eigenvalue weighted by atomic mass is 9.88. The van der Waals surface area contributed by atoms with Crippen molar-refractivity contribution in [1.82, 2.24) is 0 Å². The van der Waals surface area contributed by atoms with Gasteiger partial charge in [-0.3, -0.25) is 0 Å². The Hall–Kier alpha value is -0.670. The minimum atomic E-state index is -0.302. The maximum absolute atomic E-state index is 9.95. The average molecular weight is 223 g/mol. The summed E-state index contributed by atoms with van der Waals surface area (Å²) in [4.78, 5) is 1.11. The lowest BCUT2D eigenvalue weighted by Crippen LogP contribution is -2.33. The molecule has 0 unspecified atom stereocenters. The van der Waals surface area contributed by atoms with Crippen molar-refractivity contribution < 1.29 is 5.11 Å². The standard InChI is InChI=1S/C12H17NOS/c1-15-10-6-4-5-9(14)11(10)12(13)7-2-3-8-12/h4-6,14H,2-3,7-8,13H2,1H3. The molecule has 0 aromatic heterocycles. The zero-order chi connectivity index (χ0) is 10.9. The number of aromatic hydroxyl groups is 1. The number of phenolic OH excluding ortho intramolecular Hbond substituents is 1. The van der Waals surface area contributed by atoms with Crippen LogP contribution in [-0.2, 0) is 5.54 Å². The van der Waals surface area contributed by atoms with Crippen LogP contribution in [0, 0.1) is 0 Å². The van der Waals surface area contributed by atoms with Crippen molar-refractivity contribution in [2.24, 2.45) is 5.73 Å². The van der Waals surface area contributed by atoms with E-state index >= 15 is 0 Å². The monoisotopic (exact) mass is 223 g/mol. The summed E-state index contributed by atoms with van der Waals surface area (Å²) in [6.07, 6.45) is 6.32. The van der Waals surface area contributed by atoms with Crippen LogP contribution in [0.4, 0.5) is 0 Å². The van der Waals surface area contributed by atoms with Gasteiger partial charge in [-0.2, -0.15) is 0 Å². The van der Waals surface area contributed by atoms with E-state index in [4.69, 9.17) is 5.73 Å². The molecule has 0 atom stereocenters. The molecule has 0 spiro atoms. The lowest BCUT2D eigenvalue weighted by molar-refractivity contribution is 0.402. The molecule has 1 aliphatic carbocycles. The molecule has 0 amide bonds. The fourth-order valence-electron chi connectivity index (χ4n) is 2.45. The molecule has 15 heavy (non-hydrogen) atoms. The van der Waals surface area contributed by atoms with Gasteiger partial charge in [0, 0.05) is 16.0 Å². The second-order valence-corrected chi connectivity index (χ2v) is 5.07. The SMILES string of the molecule is CSc1cccc(O)c1C1(N)CCCC1. The number of phenols is 1. The summed E-state index contributed by atoms with van der Waals surface area (Å²) in [5, 5.41) is 9.95. The normalized spacial score (nSPS) is 19.3. The van der Waals surface area contributed by atoms with E-state index in [0.29, 0.717) is 5.75 Å². The molecule has 2 nitrogen and oxygen atoms in total. The summed E-state index contributed by atoms with van der Waals surface area (Å²) >= 11 is 1.65. The maximum Gasteiger partial charge on any atom is 0.121 e. The summed E-state index contributed by atoms with van der Waals surface area (Å²) in [6, 6.07) is 5.65. The first-order chi connectivity index (χ1) is 7.17. The summed E-state index contributed by atoms with van der Waals surface area (Å²) in [5.41, 5.74) is 7.04. The quantitative estimate of drug-likeness (QED) is 0.758. The minimum absolute atomic E-state index is 0.302. The third kappa shape index (κ3) is 1.86. The third-order valence-corrected chi connectivity index (χ3v) is 4.00. The molecule has 1 aliphatic rings. The molecule has 0 heterocycles. The average Bonchev–Trinajstić information content (AvgIpc) is 2.65. The molecule has 0 saturated heterocycles. The van der Waals surface area contributed by atoms with E-state index in [1.54, 1.807) is 17.8 Å². The first-order valence-corrected chi connectivity index (χ1v) is 6.55. The van der Waals surface area contributed by atoms with Crippen molar-refractivity contribution >= 4 is 11.8 Å². The Balaban J connectivity index is 2.49. The van der Waals surface area contributed by atoms with Crippen molar-refractivity contribution in [1.29, 1.82) is 0 Å². The summed E-state index contributed by atoms with van der Waals surface area (Å²) in [7, 11) is 0. The molecule has 1 saturated carbocycles. The van der Waals surface area contributed by atoms with Crippen LogP contribution in [-0.4, -0.2) is 11.4 Å². The van der Waals surface area contributed by atoms with Gasteiger partial charge in [-0.05, 0) is 31.2 Å². The van der Waals surface area contributed by atoms with E-state index in [9.17, 15) is 5.11 Å². The number of rotatable bonds is 2. The van der Waals surface area contributed by atoms with Crippen LogP contribution in [0.5, 0.6) is 5.75 Å². The second-order valence-electron chi connectivity index (χ2n) is 4.22. The van der Waals surface area contributed by atoms with Crippen molar-refractivity contribution in [3.63, 3.8) is 0 Å². The zero-order valence-electron chi connectivity index (χ0n) is 8.99. The van der Waals surface area contributed by atoms with Gasteiger partial charge in [-0.1, -0.05) is 18.9 Å². The van der Waals surface area contributed by atoms with Crippen LogP contribution >= 0.6 is 11.8 Å². The summed E-state index contributed by atoms with van der Waals surface area (Å²) < 4.78 is 0. The molecule has 1 aromatic carbocycles. The van der Waals surface area contributed by atoms with Crippen LogP contribution in [0.25, 0.3) is 0 Å². The highest BCUT2D eigenvalue weighted by Crippen LogP contribution is 2.44. The van der Waals surface area contributed by atoms with Gasteiger partial charge in [0.2, 0.25) is 0 Å². The Labute approximate surface area is 94.9 Å². The van der Waals surface area contributed by atoms with E-state index < -0.39 is 0 Å². The number of hydrogen-bond acceptors (Lipinski definition) is 3. The topological polar surface area (TPSA) is 46.2 Å². The van der Waals surface area contributed by atoms with Gasteiger partial charge < -0.3 is 10.8 Å². The van der Waals surface area contributed by atoms with Gasteiger partial charge in [0.15, 0.2) is 0 Å².